The van der Waals surface area contributed by atoms with E-state index in [-0.39, 0.29) is 6.10 Å². The lowest BCUT2D eigenvalue weighted by Gasteiger charge is -2.17. The molecule has 1 rings (SSSR count). The molecule has 2 N–H and O–H groups in total. The first-order valence-corrected chi connectivity index (χ1v) is 5.07. The summed E-state index contributed by atoms with van der Waals surface area (Å²) in [5.41, 5.74) is 6.65. The molecule has 3 heteroatoms. The zero-order valence-corrected chi connectivity index (χ0v) is 9.30. The van der Waals surface area contributed by atoms with Crippen LogP contribution < -0.4 is 10.5 Å². The fourth-order valence-corrected chi connectivity index (χ4v) is 1.40. The van der Waals surface area contributed by atoms with Crippen molar-refractivity contribution >= 4 is 17.2 Å². The van der Waals surface area contributed by atoms with Crippen LogP contribution in [0.4, 0.5) is 0 Å². The lowest BCUT2D eigenvalue weighted by Crippen LogP contribution is -2.31. The van der Waals surface area contributed by atoms with Crippen LogP contribution in [0.25, 0.3) is 0 Å². The van der Waals surface area contributed by atoms with Gasteiger partial charge in [0.2, 0.25) is 0 Å². The van der Waals surface area contributed by atoms with Gasteiger partial charge in [-0.1, -0.05) is 37.3 Å². The number of ether oxygens (including phenoxy) is 1. The predicted octanol–water partition coefficient (Wildman–Crippen LogP) is 2.44. The van der Waals surface area contributed by atoms with E-state index in [1.807, 2.05) is 38.1 Å². The molecule has 0 bridgehead atoms. The quantitative estimate of drug-likeness (QED) is 0.774. The van der Waals surface area contributed by atoms with Gasteiger partial charge in [0, 0.05) is 0 Å². The van der Waals surface area contributed by atoms with Gasteiger partial charge < -0.3 is 10.5 Å². The van der Waals surface area contributed by atoms with E-state index in [4.69, 9.17) is 22.7 Å². The molecule has 0 saturated carbocycles. The van der Waals surface area contributed by atoms with Gasteiger partial charge in [-0.25, -0.2) is 0 Å². The number of para-hydroxylation sites is 1. The summed E-state index contributed by atoms with van der Waals surface area (Å²) in [5, 5.41) is 0. The maximum absolute atomic E-state index is 5.69. The van der Waals surface area contributed by atoms with Gasteiger partial charge in [-0.15, -0.1) is 0 Å². The molecule has 0 heterocycles. The van der Waals surface area contributed by atoms with Crippen molar-refractivity contribution in [3.05, 3.63) is 29.8 Å². The van der Waals surface area contributed by atoms with Gasteiger partial charge in [-0.3, -0.25) is 0 Å². The van der Waals surface area contributed by atoms with Crippen molar-refractivity contribution < 1.29 is 4.74 Å². The first kappa shape index (κ1) is 11.0. The molecule has 0 aromatic heterocycles. The third-order valence-corrected chi connectivity index (χ3v) is 2.31. The average molecular weight is 209 g/mol. The van der Waals surface area contributed by atoms with Crippen molar-refractivity contribution in [3.8, 4) is 5.75 Å². The fraction of sp³-hybridized carbons (Fsp3) is 0.364. The Morgan fingerprint density at radius 2 is 2.14 bits per heavy atom. The summed E-state index contributed by atoms with van der Waals surface area (Å²) in [4.78, 5) is 0.413. The minimum atomic E-state index is -0.161. The zero-order valence-electron chi connectivity index (χ0n) is 8.49. The molecule has 0 amide bonds. The molecule has 0 aliphatic rings. The van der Waals surface area contributed by atoms with Crippen molar-refractivity contribution in [2.45, 2.75) is 26.4 Å². The lowest BCUT2D eigenvalue weighted by molar-refractivity contribution is 0.262. The van der Waals surface area contributed by atoms with E-state index < -0.39 is 0 Å². The third kappa shape index (κ3) is 2.70. The number of nitrogens with two attached hydrogens (primary N) is 1. The minimum absolute atomic E-state index is 0.161. The van der Waals surface area contributed by atoms with E-state index in [9.17, 15) is 0 Å². The second kappa shape index (κ2) is 4.96. The van der Waals surface area contributed by atoms with Gasteiger partial charge in [-0.2, -0.15) is 0 Å². The van der Waals surface area contributed by atoms with Crippen LogP contribution in [0.1, 0.15) is 18.9 Å². The molecule has 14 heavy (non-hydrogen) atoms. The molecule has 0 fully saturated rings. The lowest BCUT2D eigenvalue weighted by atomic mass is 10.2. The standard InChI is InChI=1S/C11H15NOS/c1-3-9(11(12)14)13-10-7-5-4-6-8(10)2/h4-7,9H,3H2,1-2H3,(H2,12,14). The smallest absolute Gasteiger partial charge is 0.148 e. The summed E-state index contributed by atoms with van der Waals surface area (Å²) in [5.74, 6) is 0.854. The monoisotopic (exact) mass is 209 g/mol. The summed E-state index contributed by atoms with van der Waals surface area (Å²) >= 11 is 4.91. The highest BCUT2D eigenvalue weighted by atomic mass is 32.1. The summed E-state index contributed by atoms with van der Waals surface area (Å²) in [6.07, 6.45) is 0.634. The normalized spacial score (nSPS) is 12.1. The molecule has 0 radical (unpaired) electrons. The van der Waals surface area contributed by atoms with E-state index in [1.165, 1.54) is 0 Å². The van der Waals surface area contributed by atoms with E-state index in [0.717, 1.165) is 17.7 Å². The van der Waals surface area contributed by atoms with Crippen LogP contribution >= 0.6 is 12.2 Å². The van der Waals surface area contributed by atoms with Crippen LogP contribution in [0, 0.1) is 6.92 Å². The van der Waals surface area contributed by atoms with Crippen molar-refractivity contribution in [2.75, 3.05) is 0 Å². The van der Waals surface area contributed by atoms with Gasteiger partial charge in [0.1, 0.15) is 16.8 Å². The topological polar surface area (TPSA) is 35.2 Å². The Kier molecular flexibility index (Phi) is 3.89. The molecule has 0 spiro atoms. The molecular weight excluding hydrogens is 194 g/mol. The Morgan fingerprint density at radius 1 is 1.50 bits per heavy atom. The number of rotatable bonds is 4. The Balaban J connectivity index is 2.77. The van der Waals surface area contributed by atoms with Crippen molar-refractivity contribution in [1.82, 2.24) is 0 Å². The van der Waals surface area contributed by atoms with Crippen molar-refractivity contribution in [2.24, 2.45) is 5.73 Å². The molecule has 76 valence electrons. The molecule has 0 aliphatic carbocycles. The summed E-state index contributed by atoms with van der Waals surface area (Å²) in [6.45, 7) is 4.00. The average Bonchev–Trinajstić information content (AvgIpc) is 2.16. The van der Waals surface area contributed by atoms with Crippen LogP contribution in [0.3, 0.4) is 0 Å². The van der Waals surface area contributed by atoms with Crippen LogP contribution in [-0.2, 0) is 0 Å². The number of thiocarbonyl (C=S) groups is 1. The third-order valence-electron chi connectivity index (χ3n) is 2.05. The number of hydrogen-bond acceptors (Lipinski definition) is 2. The van der Waals surface area contributed by atoms with Gasteiger partial charge in [0.25, 0.3) is 0 Å². The molecular formula is C11H15NOS. The highest BCUT2D eigenvalue weighted by Crippen LogP contribution is 2.18. The minimum Gasteiger partial charge on any atom is -0.483 e. The van der Waals surface area contributed by atoms with E-state index in [0.29, 0.717) is 4.99 Å². The maximum atomic E-state index is 5.69. The van der Waals surface area contributed by atoms with E-state index in [2.05, 4.69) is 0 Å². The first-order chi connectivity index (χ1) is 6.65. The van der Waals surface area contributed by atoms with Crippen LogP contribution in [0.5, 0.6) is 5.75 Å². The van der Waals surface area contributed by atoms with Crippen LogP contribution in [0.2, 0.25) is 0 Å². The fourth-order valence-electron chi connectivity index (χ4n) is 1.18. The second-order valence-electron chi connectivity index (χ2n) is 3.18. The Morgan fingerprint density at radius 3 is 2.64 bits per heavy atom. The molecule has 0 saturated heterocycles. The molecule has 1 unspecified atom stereocenters. The Hall–Kier alpha value is -1.09. The summed E-state index contributed by atoms with van der Waals surface area (Å²) in [6, 6.07) is 7.84. The Bertz CT molecular complexity index is 325. The molecule has 1 aromatic carbocycles. The SMILES string of the molecule is CCC(Oc1ccccc1C)C(N)=S. The van der Waals surface area contributed by atoms with Crippen LogP contribution in [0.15, 0.2) is 24.3 Å². The van der Waals surface area contributed by atoms with Crippen molar-refractivity contribution in [1.29, 1.82) is 0 Å². The molecule has 1 atom stereocenters. The highest BCUT2D eigenvalue weighted by molar-refractivity contribution is 7.80. The summed E-state index contributed by atoms with van der Waals surface area (Å²) < 4.78 is 5.69. The van der Waals surface area contributed by atoms with Crippen LogP contribution in [-0.4, -0.2) is 11.1 Å². The van der Waals surface area contributed by atoms with E-state index in [1.54, 1.807) is 0 Å². The van der Waals surface area contributed by atoms with Gasteiger partial charge >= 0.3 is 0 Å². The maximum Gasteiger partial charge on any atom is 0.148 e. The zero-order chi connectivity index (χ0) is 10.6. The summed E-state index contributed by atoms with van der Waals surface area (Å²) in [7, 11) is 0. The number of aryl methyl sites for hydroxylation is 1. The highest BCUT2D eigenvalue weighted by Gasteiger charge is 2.11. The first-order valence-electron chi connectivity index (χ1n) is 4.66. The van der Waals surface area contributed by atoms with Gasteiger partial charge in [0.15, 0.2) is 0 Å². The van der Waals surface area contributed by atoms with Gasteiger partial charge in [0.05, 0.1) is 0 Å². The van der Waals surface area contributed by atoms with Crippen molar-refractivity contribution in [3.63, 3.8) is 0 Å². The number of hydrogen-bond donors (Lipinski definition) is 1. The Labute approximate surface area is 90.1 Å². The second-order valence-corrected chi connectivity index (χ2v) is 3.65. The largest absolute Gasteiger partial charge is 0.483 e. The van der Waals surface area contributed by atoms with Gasteiger partial charge in [-0.05, 0) is 25.0 Å². The number of benzene rings is 1. The molecule has 0 aliphatic heterocycles. The van der Waals surface area contributed by atoms with E-state index >= 15 is 0 Å². The molecule has 2 nitrogen and oxygen atoms in total. The predicted molar refractivity (Wildman–Crippen MR) is 62.7 cm³/mol. The molecule has 1 aromatic rings.